The van der Waals surface area contributed by atoms with Gasteiger partial charge >= 0.3 is 0 Å². The monoisotopic (exact) mass is 300 g/mol. The van der Waals surface area contributed by atoms with E-state index in [9.17, 15) is 12.8 Å². The molecule has 0 atom stereocenters. The molecule has 0 bridgehead atoms. The van der Waals surface area contributed by atoms with Crippen molar-refractivity contribution in [1.82, 2.24) is 4.72 Å². The number of nitrogens with two attached hydrogens (primary N) is 1. The van der Waals surface area contributed by atoms with Crippen molar-refractivity contribution >= 4 is 10.0 Å². The van der Waals surface area contributed by atoms with Gasteiger partial charge in [-0.3, -0.25) is 0 Å². The minimum Gasteiger partial charge on any atom is -0.326 e. The van der Waals surface area contributed by atoms with E-state index in [2.05, 4.69) is 18.6 Å². The summed E-state index contributed by atoms with van der Waals surface area (Å²) in [4.78, 5) is -0.319. The molecule has 3 N–H and O–H groups in total. The highest BCUT2D eigenvalue weighted by Gasteiger charge is 2.45. The summed E-state index contributed by atoms with van der Waals surface area (Å²) in [6, 6.07) is 3.93. The van der Waals surface area contributed by atoms with Crippen molar-refractivity contribution in [1.29, 1.82) is 0 Å². The standard InChI is InChI=1S/C14H21FN2O2S/c1-10(2)14(5-6-14)9-17-20(18,19)13-7-11(8-16)3-4-12(13)15/h3-4,7,10,17H,5-6,8-9,16H2,1-2H3. The molecule has 1 saturated carbocycles. The zero-order valence-electron chi connectivity index (χ0n) is 11.8. The molecule has 0 amide bonds. The summed E-state index contributed by atoms with van der Waals surface area (Å²) in [7, 11) is -3.83. The molecule has 0 saturated heterocycles. The average Bonchev–Trinajstić information content (AvgIpc) is 3.18. The van der Waals surface area contributed by atoms with Crippen LogP contribution < -0.4 is 10.5 Å². The summed E-state index contributed by atoms with van der Waals surface area (Å²) in [6.45, 7) is 4.70. The van der Waals surface area contributed by atoms with Crippen molar-refractivity contribution < 1.29 is 12.8 Å². The second-order valence-corrected chi connectivity index (χ2v) is 7.55. The summed E-state index contributed by atoms with van der Waals surface area (Å²) in [5.74, 6) is -0.338. The van der Waals surface area contributed by atoms with Gasteiger partial charge in [0.1, 0.15) is 10.7 Å². The van der Waals surface area contributed by atoms with Crippen LogP contribution >= 0.6 is 0 Å². The van der Waals surface area contributed by atoms with Gasteiger partial charge in [-0.1, -0.05) is 19.9 Å². The number of rotatable bonds is 6. The average molecular weight is 300 g/mol. The van der Waals surface area contributed by atoms with Gasteiger partial charge in [-0.25, -0.2) is 17.5 Å². The second kappa shape index (κ2) is 5.42. The highest BCUT2D eigenvalue weighted by Crippen LogP contribution is 2.51. The van der Waals surface area contributed by atoms with Crippen LogP contribution in [0.15, 0.2) is 23.1 Å². The Bertz CT molecular complexity index is 595. The van der Waals surface area contributed by atoms with Gasteiger partial charge in [0, 0.05) is 13.1 Å². The molecule has 0 radical (unpaired) electrons. The molecule has 1 aliphatic carbocycles. The number of nitrogens with one attached hydrogen (secondary N) is 1. The molecule has 0 heterocycles. The highest BCUT2D eigenvalue weighted by atomic mass is 32.2. The summed E-state index contributed by atoms with van der Waals surface area (Å²) in [6.07, 6.45) is 2.02. The lowest BCUT2D eigenvalue weighted by atomic mass is 9.93. The Morgan fingerprint density at radius 1 is 1.40 bits per heavy atom. The zero-order chi connectivity index (χ0) is 15.0. The molecule has 20 heavy (non-hydrogen) atoms. The Morgan fingerprint density at radius 2 is 2.05 bits per heavy atom. The number of hydrogen-bond donors (Lipinski definition) is 2. The van der Waals surface area contributed by atoms with Gasteiger partial charge in [0.2, 0.25) is 10.0 Å². The van der Waals surface area contributed by atoms with Crippen LogP contribution in [0.3, 0.4) is 0 Å². The van der Waals surface area contributed by atoms with Crippen molar-refractivity contribution in [3.05, 3.63) is 29.6 Å². The zero-order valence-corrected chi connectivity index (χ0v) is 12.6. The van der Waals surface area contributed by atoms with Crippen LogP contribution in [-0.4, -0.2) is 15.0 Å². The van der Waals surface area contributed by atoms with Crippen molar-refractivity contribution in [2.45, 2.75) is 38.1 Å². The lowest BCUT2D eigenvalue weighted by Gasteiger charge is -2.20. The van der Waals surface area contributed by atoms with Crippen LogP contribution in [-0.2, 0) is 16.6 Å². The van der Waals surface area contributed by atoms with E-state index in [0.717, 1.165) is 18.9 Å². The lowest BCUT2D eigenvalue weighted by Crippen LogP contribution is -2.33. The molecule has 1 fully saturated rings. The molecule has 0 spiro atoms. The Morgan fingerprint density at radius 3 is 2.55 bits per heavy atom. The number of hydrogen-bond acceptors (Lipinski definition) is 3. The fraction of sp³-hybridized carbons (Fsp3) is 0.571. The molecule has 1 aromatic rings. The van der Waals surface area contributed by atoms with Gasteiger partial charge in [-0.05, 0) is 41.9 Å². The van der Waals surface area contributed by atoms with E-state index in [0.29, 0.717) is 18.0 Å². The van der Waals surface area contributed by atoms with E-state index in [1.165, 1.54) is 12.1 Å². The molecule has 0 aromatic heterocycles. The largest absolute Gasteiger partial charge is 0.326 e. The second-order valence-electron chi connectivity index (χ2n) is 5.81. The third-order valence-corrected chi connectivity index (χ3v) is 5.67. The van der Waals surface area contributed by atoms with E-state index >= 15 is 0 Å². The van der Waals surface area contributed by atoms with Gasteiger partial charge in [0.25, 0.3) is 0 Å². The summed E-state index contributed by atoms with van der Waals surface area (Å²) < 4.78 is 40.7. The first-order chi connectivity index (χ1) is 9.31. The Labute approximate surface area is 119 Å². The normalized spacial score (nSPS) is 17.4. The van der Waals surface area contributed by atoms with Crippen LogP contribution in [0.4, 0.5) is 4.39 Å². The van der Waals surface area contributed by atoms with Crippen LogP contribution in [0, 0.1) is 17.2 Å². The van der Waals surface area contributed by atoms with Gasteiger partial charge < -0.3 is 5.73 Å². The van der Waals surface area contributed by atoms with E-state index in [-0.39, 0.29) is 16.9 Å². The molecule has 4 nitrogen and oxygen atoms in total. The Balaban J connectivity index is 2.18. The number of halogens is 1. The van der Waals surface area contributed by atoms with E-state index in [4.69, 9.17) is 5.73 Å². The highest BCUT2D eigenvalue weighted by molar-refractivity contribution is 7.89. The first kappa shape index (κ1) is 15.4. The topological polar surface area (TPSA) is 72.2 Å². The quantitative estimate of drug-likeness (QED) is 0.844. The van der Waals surface area contributed by atoms with Gasteiger partial charge in [0.15, 0.2) is 0 Å². The Kier molecular flexibility index (Phi) is 4.18. The maximum atomic E-state index is 13.7. The third-order valence-electron chi connectivity index (χ3n) is 4.25. The van der Waals surface area contributed by atoms with Gasteiger partial charge in [-0.15, -0.1) is 0 Å². The molecule has 1 aliphatic rings. The van der Waals surface area contributed by atoms with Crippen molar-refractivity contribution in [3.63, 3.8) is 0 Å². The molecule has 0 aliphatic heterocycles. The summed E-state index contributed by atoms with van der Waals surface area (Å²) >= 11 is 0. The lowest BCUT2D eigenvalue weighted by molar-refractivity contribution is 0.357. The maximum absolute atomic E-state index is 13.7. The predicted molar refractivity (Wildman–Crippen MR) is 76.0 cm³/mol. The van der Waals surface area contributed by atoms with E-state index in [1.807, 2.05) is 0 Å². The van der Waals surface area contributed by atoms with Crippen LogP contribution in [0.25, 0.3) is 0 Å². The summed E-state index contributed by atoms with van der Waals surface area (Å²) in [5.41, 5.74) is 6.10. The van der Waals surface area contributed by atoms with E-state index < -0.39 is 15.8 Å². The minimum absolute atomic E-state index is 0.0367. The number of sulfonamides is 1. The molecular formula is C14H21FN2O2S. The molecule has 6 heteroatoms. The first-order valence-corrected chi connectivity index (χ1v) is 8.27. The molecule has 2 rings (SSSR count). The minimum atomic E-state index is -3.83. The fourth-order valence-electron chi connectivity index (χ4n) is 2.32. The van der Waals surface area contributed by atoms with Crippen LogP contribution in [0.1, 0.15) is 32.3 Å². The van der Waals surface area contributed by atoms with Gasteiger partial charge in [-0.2, -0.15) is 0 Å². The molecule has 0 unspecified atom stereocenters. The molecule has 112 valence electrons. The number of benzene rings is 1. The SMILES string of the molecule is CC(C)C1(CNS(=O)(=O)c2cc(CN)ccc2F)CC1. The Hall–Kier alpha value is -0.980. The van der Waals surface area contributed by atoms with Crippen molar-refractivity contribution in [2.75, 3.05) is 6.54 Å². The van der Waals surface area contributed by atoms with Gasteiger partial charge in [0.05, 0.1) is 0 Å². The third kappa shape index (κ3) is 3.02. The predicted octanol–water partition coefficient (Wildman–Crippen LogP) is 2.00. The molecular weight excluding hydrogens is 279 g/mol. The fourth-order valence-corrected chi connectivity index (χ4v) is 3.58. The molecule has 1 aromatic carbocycles. The maximum Gasteiger partial charge on any atom is 0.243 e. The smallest absolute Gasteiger partial charge is 0.243 e. The van der Waals surface area contributed by atoms with Crippen LogP contribution in [0.2, 0.25) is 0 Å². The van der Waals surface area contributed by atoms with E-state index in [1.54, 1.807) is 0 Å². The van der Waals surface area contributed by atoms with Crippen molar-refractivity contribution in [3.8, 4) is 0 Å². The first-order valence-electron chi connectivity index (χ1n) is 6.79. The van der Waals surface area contributed by atoms with Crippen molar-refractivity contribution in [2.24, 2.45) is 17.1 Å². The van der Waals surface area contributed by atoms with Crippen LogP contribution in [0.5, 0.6) is 0 Å². The summed E-state index contributed by atoms with van der Waals surface area (Å²) in [5, 5.41) is 0.